The molecule has 4 amide bonds. The van der Waals surface area contributed by atoms with E-state index in [9.17, 15) is 19.2 Å². The van der Waals surface area contributed by atoms with Gasteiger partial charge in [-0.05, 0) is 77.3 Å². The van der Waals surface area contributed by atoms with E-state index in [0.717, 1.165) is 73.2 Å². The summed E-state index contributed by atoms with van der Waals surface area (Å²) in [6.45, 7) is 15.2. The number of H-pyrrole nitrogens is 2. The van der Waals surface area contributed by atoms with Crippen LogP contribution >= 0.6 is 11.3 Å². The lowest BCUT2D eigenvalue weighted by molar-refractivity contribution is -0.136. The summed E-state index contributed by atoms with van der Waals surface area (Å²) in [5.74, 6) is 1.57. The number of amides is 4. The molecule has 2 aromatic carbocycles. The molecule has 7 rings (SSSR count). The highest BCUT2D eigenvalue weighted by molar-refractivity contribution is 7.21. The van der Waals surface area contributed by atoms with E-state index in [0.29, 0.717) is 13.1 Å². The molecule has 5 aromatic rings. The minimum absolute atomic E-state index is 0.108. The Balaban J connectivity index is 1.04. The van der Waals surface area contributed by atoms with Gasteiger partial charge in [0, 0.05) is 18.0 Å². The molecule has 2 aliphatic heterocycles. The number of aryl methyl sites for hydroxylation is 1. The maximum Gasteiger partial charge on any atom is 0.407 e. The van der Waals surface area contributed by atoms with Crippen molar-refractivity contribution in [2.75, 3.05) is 27.3 Å². The Kier molecular flexibility index (Phi) is 12.4. The van der Waals surface area contributed by atoms with Crippen LogP contribution in [0, 0.1) is 30.6 Å². The standard InChI is InChI=1S/C45H56N8O6S/c1-23(2)37(49-44(56)58-8)42(54)52-21-25(5)16-34(52)39-46-20-33(48-39)29-12-10-28(11-13-29)31-15-14-30(18-27(31)7)36-19-32-41(60-36)51-40(47-32)35-17-26(6)22-53(35)43(55)38(24(3)4)50-45(57)59-9/h10-15,18-20,23-26,34-35,37-38H,16-17,21-22H2,1-9H3,(H,46,48)(H,47,51)(H,49,56)(H,50,57)/t25-,26-,34-,35-,37-,38-/m0/s1. The van der Waals surface area contributed by atoms with Crippen molar-refractivity contribution in [2.24, 2.45) is 23.7 Å². The van der Waals surface area contributed by atoms with E-state index in [1.807, 2.05) is 43.7 Å². The van der Waals surface area contributed by atoms with Crippen LogP contribution in [0.15, 0.2) is 54.7 Å². The molecule has 2 fully saturated rings. The minimum atomic E-state index is -0.698. The monoisotopic (exact) mass is 836 g/mol. The van der Waals surface area contributed by atoms with E-state index < -0.39 is 24.3 Å². The topological polar surface area (TPSA) is 175 Å². The Morgan fingerprint density at radius 1 is 0.750 bits per heavy atom. The number of aromatic amines is 2. The number of fused-ring (bicyclic) bond motifs is 1. The van der Waals surface area contributed by atoms with E-state index in [1.165, 1.54) is 14.2 Å². The number of likely N-dealkylation sites (tertiary alicyclic amines) is 2. The third kappa shape index (κ3) is 8.63. The number of aromatic nitrogens is 4. The van der Waals surface area contributed by atoms with E-state index in [1.54, 1.807) is 11.3 Å². The average Bonchev–Trinajstić information content (AvgIpc) is 4.07. The average molecular weight is 837 g/mol. The summed E-state index contributed by atoms with van der Waals surface area (Å²) < 4.78 is 9.58. The van der Waals surface area contributed by atoms with Crippen molar-refractivity contribution >= 4 is 45.7 Å². The molecule has 0 bridgehead atoms. The van der Waals surface area contributed by atoms with Crippen molar-refractivity contribution in [3.8, 4) is 32.8 Å². The molecule has 6 atom stereocenters. The third-order valence-corrected chi connectivity index (χ3v) is 12.9. The van der Waals surface area contributed by atoms with E-state index in [2.05, 4.69) is 89.9 Å². The number of benzene rings is 2. The number of carbonyl (C=O) groups excluding carboxylic acids is 4. The molecule has 4 N–H and O–H groups in total. The highest BCUT2D eigenvalue weighted by atomic mass is 32.1. The van der Waals surface area contributed by atoms with Crippen LogP contribution < -0.4 is 10.6 Å². The first-order chi connectivity index (χ1) is 28.6. The number of alkyl carbamates (subject to hydrolysis) is 2. The summed E-state index contributed by atoms with van der Waals surface area (Å²) in [7, 11) is 2.59. The van der Waals surface area contributed by atoms with Gasteiger partial charge in [-0.25, -0.2) is 19.6 Å². The number of nitrogens with zero attached hydrogens (tertiary/aromatic N) is 4. The molecular weight excluding hydrogens is 781 g/mol. The zero-order chi connectivity index (χ0) is 43.0. The van der Waals surface area contributed by atoms with Gasteiger partial charge in [0.25, 0.3) is 0 Å². The van der Waals surface area contributed by atoms with Gasteiger partial charge < -0.3 is 39.9 Å². The van der Waals surface area contributed by atoms with E-state index >= 15 is 0 Å². The van der Waals surface area contributed by atoms with Crippen molar-refractivity contribution < 1.29 is 28.7 Å². The summed E-state index contributed by atoms with van der Waals surface area (Å²) in [5.41, 5.74) is 7.26. The Bertz CT molecular complexity index is 2330. The van der Waals surface area contributed by atoms with Gasteiger partial charge in [-0.1, -0.05) is 84.0 Å². The zero-order valence-electron chi connectivity index (χ0n) is 35.8. The molecular formula is C45H56N8O6S. The summed E-state index contributed by atoms with van der Waals surface area (Å²) in [6.07, 6.45) is 2.13. The number of carbonyl (C=O) groups is 4. The number of rotatable bonds is 11. The summed E-state index contributed by atoms with van der Waals surface area (Å²) in [4.78, 5) is 73.9. The summed E-state index contributed by atoms with van der Waals surface area (Å²) >= 11 is 1.62. The largest absolute Gasteiger partial charge is 0.453 e. The molecule has 60 heavy (non-hydrogen) atoms. The maximum atomic E-state index is 13.7. The second-order valence-electron chi connectivity index (χ2n) is 17.2. The van der Waals surface area contributed by atoms with Gasteiger partial charge >= 0.3 is 12.2 Å². The van der Waals surface area contributed by atoms with Crippen molar-refractivity contribution in [2.45, 2.75) is 85.5 Å². The summed E-state index contributed by atoms with van der Waals surface area (Å²) in [6, 6.07) is 15.2. The molecule has 3 aromatic heterocycles. The number of methoxy groups -OCH3 is 2. The number of nitrogens with one attached hydrogen (secondary N) is 4. The predicted molar refractivity (Wildman–Crippen MR) is 232 cm³/mol. The first-order valence-electron chi connectivity index (χ1n) is 20.7. The Labute approximate surface area is 354 Å². The van der Waals surface area contributed by atoms with Crippen molar-refractivity contribution in [1.82, 2.24) is 40.4 Å². The molecule has 2 saturated heterocycles. The van der Waals surface area contributed by atoms with Crippen LogP contribution in [0.4, 0.5) is 9.59 Å². The maximum absolute atomic E-state index is 13.7. The molecule has 14 nitrogen and oxygen atoms in total. The van der Waals surface area contributed by atoms with Gasteiger partial charge in [0.15, 0.2) is 0 Å². The van der Waals surface area contributed by atoms with Crippen LogP contribution in [0.2, 0.25) is 0 Å². The van der Waals surface area contributed by atoms with E-state index in [-0.39, 0.29) is 47.6 Å². The number of thiophene rings is 1. The van der Waals surface area contributed by atoms with Gasteiger partial charge in [0.2, 0.25) is 11.8 Å². The molecule has 0 aliphatic carbocycles. The minimum Gasteiger partial charge on any atom is -0.453 e. The summed E-state index contributed by atoms with van der Waals surface area (Å²) in [5, 5.41) is 5.44. The molecule has 318 valence electrons. The van der Waals surface area contributed by atoms with Gasteiger partial charge in [0.1, 0.15) is 28.6 Å². The zero-order valence-corrected chi connectivity index (χ0v) is 36.6. The van der Waals surface area contributed by atoms with Crippen LogP contribution in [0.5, 0.6) is 0 Å². The van der Waals surface area contributed by atoms with Crippen LogP contribution in [-0.4, -0.2) is 93.1 Å². The van der Waals surface area contributed by atoms with Gasteiger partial charge in [-0.3, -0.25) is 9.59 Å². The highest BCUT2D eigenvalue weighted by Crippen LogP contribution is 2.40. The predicted octanol–water partition coefficient (Wildman–Crippen LogP) is 8.24. The lowest BCUT2D eigenvalue weighted by atomic mass is 9.97. The Morgan fingerprint density at radius 3 is 1.80 bits per heavy atom. The first-order valence-corrected chi connectivity index (χ1v) is 21.5. The van der Waals surface area contributed by atoms with Crippen LogP contribution in [-0.2, 0) is 19.1 Å². The lowest BCUT2D eigenvalue weighted by Gasteiger charge is -2.30. The van der Waals surface area contributed by atoms with Gasteiger partial charge in [-0.2, -0.15) is 0 Å². The smallest absolute Gasteiger partial charge is 0.407 e. The number of hydrogen-bond donors (Lipinski definition) is 4. The van der Waals surface area contributed by atoms with Crippen molar-refractivity contribution in [3.63, 3.8) is 0 Å². The quantitative estimate of drug-likeness (QED) is 0.103. The van der Waals surface area contributed by atoms with Gasteiger partial charge in [-0.15, -0.1) is 11.3 Å². The van der Waals surface area contributed by atoms with E-state index in [4.69, 9.17) is 19.4 Å². The van der Waals surface area contributed by atoms with Crippen molar-refractivity contribution in [3.05, 3.63) is 71.9 Å². The number of ether oxygens (including phenoxy) is 2. The molecule has 0 unspecified atom stereocenters. The fraction of sp³-hybridized carbons (Fsp3) is 0.467. The van der Waals surface area contributed by atoms with Crippen LogP contribution in [0.1, 0.15) is 83.7 Å². The van der Waals surface area contributed by atoms with Crippen LogP contribution in [0.25, 0.3) is 43.2 Å². The fourth-order valence-corrected chi connectivity index (χ4v) is 9.60. The highest BCUT2D eigenvalue weighted by Gasteiger charge is 2.41. The Morgan fingerprint density at radius 2 is 1.28 bits per heavy atom. The Hall–Kier alpha value is -5.70. The van der Waals surface area contributed by atoms with Gasteiger partial charge in [0.05, 0.1) is 43.7 Å². The molecule has 2 aliphatic rings. The number of hydrogen-bond acceptors (Lipinski definition) is 9. The number of imidazole rings is 2. The van der Waals surface area contributed by atoms with Crippen molar-refractivity contribution in [1.29, 1.82) is 0 Å². The molecule has 0 radical (unpaired) electrons. The third-order valence-electron chi connectivity index (χ3n) is 11.8. The lowest BCUT2D eigenvalue weighted by Crippen LogP contribution is -2.51. The normalized spacial score (nSPS) is 20.2. The molecule has 15 heteroatoms. The molecule has 0 saturated carbocycles. The molecule has 0 spiro atoms. The molecule has 5 heterocycles. The van der Waals surface area contributed by atoms with Crippen LogP contribution in [0.3, 0.4) is 0 Å². The SMILES string of the molecule is COC(=O)N[C@H](C(=O)N1C[C@@H](C)C[C@H]1c1ncc(-c2ccc(-c3ccc(-c4cc5[nH]c([C@@H]6C[C@H](C)CN6C(=O)[C@@H](NC(=O)OC)C(C)C)nc5s4)cc3C)cc2)[nH]1)C(C)C. The second kappa shape index (κ2) is 17.5. The fourth-order valence-electron chi connectivity index (χ4n) is 8.61. The first kappa shape index (κ1) is 42.4. The second-order valence-corrected chi connectivity index (χ2v) is 18.2.